The number of hydrogen-bond donors (Lipinski definition) is 1. The number of imide groups is 1. The summed E-state index contributed by atoms with van der Waals surface area (Å²) < 4.78 is 10.2. The number of piperidine rings is 1. The molecule has 0 aliphatic carbocycles. The summed E-state index contributed by atoms with van der Waals surface area (Å²) in [7, 11) is 0. The van der Waals surface area contributed by atoms with Crippen molar-refractivity contribution in [2.45, 2.75) is 65.6 Å². The van der Waals surface area contributed by atoms with Crippen LogP contribution in [0.3, 0.4) is 0 Å². The maximum atomic E-state index is 12.2. The van der Waals surface area contributed by atoms with Crippen molar-refractivity contribution < 1.29 is 28.7 Å². The van der Waals surface area contributed by atoms with Gasteiger partial charge in [-0.1, -0.05) is 0 Å². The Hall–Kier alpha value is -1.83. The zero-order chi connectivity index (χ0) is 18.5. The van der Waals surface area contributed by atoms with E-state index in [9.17, 15) is 14.4 Å². The summed E-state index contributed by atoms with van der Waals surface area (Å²) in [5, 5.41) is 3.39. The molecule has 0 aromatic carbocycles. The van der Waals surface area contributed by atoms with Crippen LogP contribution in [0.25, 0.3) is 0 Å². The molecule has 1 saturated heterocycles. The number of ether oxygens (including phenoxy) is 2. The smallest absolute Gasteiger partial charge is 0.441 e. The van der Waals surface area contributed by atoms with Crippen LogP contribution in [0.4, 0.5) is 9.59 Å². The number of amides is 2. The maximum absolute atomic E-state index is 12.2. The van der Waals surface area contributed by atoms with Crippen molar-refractivity contribution in [1.29, 1.82) is 0 Å². The van der Waals surface area contributed by atoms with E-state index in [0.717, 1.165) is 0 Å². The first-order valence-electron chi connectivity index (χ1n) is 8.08. The molecule has 0 radical (unpaired) electrons. The number of hydrogen-bond acceptors (Lipinski definition) is 7. The molecule has 0 bridgehead atoms. The van der Waals surface area contributed by atoms with Crippen LogP contribution in [0.15, 0.2) is 0 Å². The van der Waals surface area contributed by atoms with E-state index in [0.29, 0.717) is 25.9 Å². The number of nitrogens with one attached hydrogen (secondary N) is 1. The molecule has 1 aliphatic rings. The molecule has 1 N–H and O–H groups in total. The molecule has 138 valence electrons. The number of carbonyl (C=O) groups is 3. The molecule has 0 spiro atoms. The molecular weight excluding hydrogens is 316 g/mol. The molecule has 0 aromatic heterocycles. The van der Waals surface area contributed by atoms with Crippen LogP contribution in [-0.2, 0) is 19.1 Å². The van der Waals surface area contributed by atoms with Gasteiger partial charge >= 0.3 is 18.2 Å². The van der Waals surface area contributed by atoms with Crippen molar-refractivity contribution in [1.82, 2.24) is 10.4 Å². The number of hydroxylamine groups is 2. The van der Waals surface area contributed by atoms with Crippen molar-refractivity contribution in [3.05, 3.63) is 0 Å². The SMILES string of the molecule is CC(C)(C)OC(=O)N(OC(=O)C1CCNCC1)C(=O)OC(C)(C)C. The van der Waals surface area contributed by atoms with Crippen LogP contribution >= 0.6 is 0 Å². The predicted octanol–water partition coefficient (Wildman–Crippen LogP) is 2.62. The van der Waals surface area contributed by atoms with Gasteiger partial charge in [0.15, 0.2) is 0 Å². The van der Waals surface area contributed by atoms with E-state index in [1.165, 1.54) is 0 Å². The normalized spacial score (nSPS) is 16.2. The van der Waals surface area contributed by atoms with Crippen LogP contribution in [0.2, 0.25) is 0 Å². The molecule has 1 aliphatic heterocycles. The molecule has 1 fully saturated rings. The van der Waals surface area contributed by atoms with Gasteiger partial charge in [-0.3, -0.25) is 0 Å². The zero-order valence-corrected chi connectivity index (χ0v) is 15.3. The molecule has 1 heterocycles. The molecule has 1 rings (SSSR count). The van der Waals surface area contributed by atoms with Crippen molar-refractivity contribution in [3.8, 4) is 0 Å². The summed E-state index contributed by atoms with van der Waals surface area (Å²) >= 11 is 0. The highest BCUT2D eigenvalue weighted by molar-refractivity contribution is 5.88. The number of nitrogens with zero attached hydrogens (tertiary/aromatic N) is 1. The average Bonchev–Trinajstić information content (AvgIpc) is 2.41. The molecule has 0 saturated carbocycles. The Bertz CT molecular complexity index is 444. The van der Waals surface area contributed by atoms with Gasteiger partial charge in [0.25, 0.3) is 0 Å². The van der Waals surface area contributed by atoms with Crippen LogP contribution < -0.4 is 5.32 Å². The first kappa shape index (κ1) is 20.2. The highest BCUT2D eigenvalue weighted by Gasteiger charge is 2.36. The molecule has 2 amide bonds. The van der Waals surface area contributed by atoms with Crippen molar-refractivity contribution in [3.63, 3.8) is 0 Å². The molecule has 8 nitrogen and oxygen atoms in total. The van der Waals surface area contributed by atoms with E-state index < -0.39 is 29.4 Å². The quantitative estimate of drug-likeness (QED) is 0.731. The lowest BCUT2D eigenvalue weighted by Gasteiger charge is -2.28. The van der Waals surface area contributed by atoms with Gasteiger partial charge in [0.05, 0.1) is 5.92 Å². The van der Waals surface area contributed by atoms with Gasteiger partial charge in [-0.2, -0.15) is 0 Å². The average molecular weight is 344 g/mol. The Kier molecular flexibility index (Phi) is 6.59. The van der Waals surface area contributed by atoms with E-state index in [1.54, 1.807) is 41.5 Å². The summed E-state index contributed by atoms with van der Waals surface area (Å²) in [6.07, 6.45) is -1.01. The fourth-order valence-corrected chi connectivity index (χ4v) is 1.98. The summed E-state index contributed by atoms with van der Waals surface area (Å²) in [4.78, 5) is 41.7. The van der Waals surface area contributed by atoms with Crippen molar-refractivity contribution >= 4 is 18.2 Å². The van der Waals surface area contributed by atoms with Gasteiger partial charge in [0.1, 0.15) is 11.2 Å². The first-order chi connectivity index (χ1) is 10.9. The third-order valence-electron chi connectivity index (χ3n) is 2.97. The Labute approximate surface area is 142 Å². The standard InChI is InChI=1S/C16H28N2O6/c1-15(2,3)22-13(20)18(14(21)23-16(4,5)6)24-12(19)11-7-9-17-10-8-11/h11,17H,7-10H2,1-6H3. The predicted molar refractivity (Wildman–Crippen MR) is 86.0 cm³/mol. The Balaban J connectivity index is 2.85. The molecule has 0 aromatic rings. The molecule has 0 unspecified atom stereocenters. The summed E-state index contributed by atoms with van der Waals surface area (Å²) in [6, 6.07) is 0. The number of carbonyl (C=O) groups excluding carboxylic acids is 3. The van der Waals surface area contributed by atoms with Crippen LogP contribution in [0.5, 0.6) is 0 Å². The van der Waals surface area contributed by atoms with Gasteiger partial charge in [-0.05, 0) is 72.5 Å². The Morgan fingerprint density at radius 3 is 1.67 bits per heavy atom. The highest BCUT2D eigenvalue weighted by Crippen LogP contribution is 2.18. The Morgan fingerprint density at radius 2 is 1.29 bits per heavy atom. The highest BCUT2D eigenvalue weighted by atomic mass is 16.8. The number of rotatable bonds is 1. The van der Waals surface area contributed by atoms with Crippen LogP contribution in [-0.4, -0.2) is 47.5 Å². The van der Waals surface area contributed by atoms with Gasteiger partial charge in [-0.25, -0.2) is 14.4 Å². The minimum atomic E-state index is -1.08. The molecule has 0 atom stereocenters. The second kappa shape index (κ2) is 7.83. The van der Waals surface area contributed by atoms with Crippen molar-refractivity contribution in [2.24, 2.45) is 5.92 Å². The van der Waals surface area contributed by atoms with E-state index in [-0.39, 0.29) is 11.0 Å². The topological polar surface area (TPSA) is 94.2 Å². The van der Waals surface area contributed by atoms with E-state index in [4.69, 9.17) is 14.3 Å². The second-order valence-electron chi connectivity index (χ2n) is 7.69. The van der Waals surface area contributed by atoms with Gasteiger partial charge in [-0.15, -0.1) is 0 Å². The first-order valence-corrected chi connectivity index (χ1v) is 8.08. The lowest BCUT2D eigenvalue weighted by Crippen LogP contribution is -2.46. The summed E-state index contributed by atoms with van der Waals surface area (Å²) in [5.41, 5.74) is -1.70. The third kappa shape index (κ3) is 7.16. The maximum Gasteiger partial charge on any atom is 0.454 e. The molecular formula is C16H28N2O6. The third-order valence-corrected chi connectivity index (χ3v) is 2.97. The summed E-state index contributed by atoms with van der Waals surface area (Å²) in [5.74, 6) is -1.02. The second-order valence-corrected chi connectivity index (χ2v) is 7.69. The fourth-order valence-electron chi connectivity index (χ4n) is 1.98. The zero-order valence-electron chi connectivity index (χ0n) is 15.3. The minimum Gasteiger partial charge on any atom is -0.441 e. The largest absolute Gasteiger partial charge is 0.454 e. The van der Waals surface area contributed by atoms with E-state index >= 15 is 0 Å². The van der Waals surface area contributed by atoms with Crippen LogP contribution in [0.1, 0.15) is 54.4 Å². The summed E-state index contributed by atoms with van der Waals surface area (Å²) in [6.45, 7) is 11.2. The van der Waals surface area contributed by atoms with E-state index in [2.05, 4.69) is 5.32 Å². The Morgan fingerprint density at radius 1 is 0.875 bits per heavy atom. The van der Waals surface area contributed by atoms with Crippen molar-refractivity contribution in [2.75, 3.05) is 13.1 Å². The lowest BCUT2D eigenvalue weighted by atomic mass is 9.99. The lowest BCUT2D eigenvalue weighted by molar-refractivity contribution is -0.185. The molecule has 8 heteroatoms. The fraction of sp³-hybridized carbons (Fsp3) is 0.812. The van der Waals surface area contributed by atoms with Crippen LogP contribution in [0, 0.1) is 5.92 Å². The monoisotopic (exact) mass is 344 g/mol. The van der Waals surface area contributed by atoms with Gasteiger partial charge in [0.2, 0.25) is 0 Å². The van der Waals surface area contributed by atoms with Gasteiger partial charge in [0, 0.05) is 0 Å². The van der Waals surface area contributed by atoms with E-state index in [1.807, 2.05) is 0 Å². The van der Waals surface area contributed by atoms with Gasteiger partial charge < -0.3 is 19.6 Å². The molecule has 24 heavy (non-hydrogen) atoms. The minimum absolute atomic E-state index is 0.265.